The van der Waals surface area contributed by atoms with E-state index in [1.165, 1.54) is 0 Å². The fourth-order valence-electron chi connectivity index (χ4n) is 3.09. The van der Waals surface area contributed by atoms with Crippen LogP contribution in [0.2, 0.25) is 10.0 Å². The number of rotatable bonds is 5. The number of anilines is 1. The van der Waals surface area contributed by atoms with Gasteiger partial charge in [-0.3, -0.25) is 0 Å². The largest absolute Gasteiger partial charge is 0.354 e. The molecule has 1 aromatic heterocycles. The van der Waals surface area contributed by atoms with Crippen molar-refractivity contribution in [2.45, 2.75) is 13.1 Å². The van der Waals surface area contributed by atoms with Gasteiger partial charge in [-0.2, -0.15) is 0 Å². The molecule has 8 heteroatoms. The number of likely N-dealkylation sites (N-methyl/N-ethyl adjacent to an activating group) is 1. The van der Waals surface area contributed by atoms with E-state index >= 15 is 0 Å². The molecule has 0 unspecified atom stereocenters. The van der Waals surface area contributed by atoms with Crippen LogP contribution in [0.1, 0.15) is 11.1 Å². The summed E-state index contributed by atoms with van der Waals surface area (Å²) in [5, 5.41) is 3.92. The topological polar surface area (TPSA) is 51.7 Å². The molecule has 28 heavy (non-hydrogen) atoms. The molecule has 0 saturated carbocycles. The Balaban J connectivity index is 1.55. The van der Waals surface area contributed by atoms with Gasteiger partial charge in [0.15, 0.2) is 0 Å². The zero-order valence-corrected chi connectivity index (χ0v) is 17.7. The summed E-state index contributed by atoms with van der Waals surface area (Å²) in [6.45, 7) is 4.80. The van der Waals surface area contributed by atoms with Gasteiger partial charge >= 0.3 is 6.03 Å². The monoisotopic (exact) mass is 421 g/mol. The van der Waals surface area contributed by atoms with Gasteiger partial charge in [0.05, 0.1) is 10.0 Å². The summed E-state index contributed by atoms with van der Waals surface area (Å²) in [7, 11) is 3.86. The number of halogens is 2. The quantitative estimate of drug-likeness (QED) is 0.802. The van der Waals surface area contributed by atoms with Crippen molar-refractivity contribution >= 4 is 35.1 Å². The number of nitrogens with one attached hydrogen (secondary N) is 1. The van der Waals surface area contributed by atoms with Crippen molar-refractivity contribution < 1.29 is 4.79 Å². The Kier molecular flexibility index (Phi) is 6.99. The molecule has 3 rings (SSSR count). The molecule has 1 N–H and O–H groups in total. The van der Waals surface area contributed by atoms with Gasteiger partial charge in [0.25, 0.3) is 0 Å². The van der Waals surface area contributed by atoms with E-state index in [9.17, 15) is 4.79 Å². The predicted molar refractivity (Wildman–Crippen MR) is 114 cm³/mol. The Bertz CT molecular complexity index is 824. The summed E-state index contributed by atoms with van der Waals surface area (Å²) in [6.07, 6.45) is 1.80. The van der Waals surface area contributed by atoms with Crippen LogP contribution in [0.4, 0.5) is 10.6 Å². The lowest BCUT2D eigenvalue weighted by Gasteiger charge is -2.33. The molecule has 0 radical (unpaired) electrons. The van der Waals surface area contributed by atoms with E-state index in [2.05, 4.69) is 27.1 Å². The minimum Gasteiger partial charge on any atom is -0.354 e. The van der Waals surface area contributed by atoms with Gasteiger partial charge in [0.1, 0.15) is 5.82 Å². The van der Waals surface area contributed by atoms with Crippen LogP contribution in [0.15, 0.2) is 36.5 Å². The number of carbonyl (C=O) groups is 1. The summed E-state index contributed by atoms with van der Waals surface area (Å²) in [4.78, 5) is 23.1. The SMILES string of the molecule is CN1CCN(c2cc(CNC(=O)N(C)Cc3cccc(Cl)c3Cl)ccn2)CC1. The molecular formula is C20H25Cl2N5O. The van der Waals surface area contributed by atoms with E-state index < -0.39 is 0 Å². The lowest BCUT2D eigenvalue weighted by Crippen LogP contribution is -2.44. The first-order chi connectivity index (χ1) is 13.4. The molecule has 2 heterocycles. The van der Waals surface area contributed by atoms with Crippen LogP contribution < -0.4 is 10.2 Å². The summed E-state index contributed by atoms with van der Waals surface area (Å²) in [5.41, 5.74) is 1.83. The minimum atomic E-state index is -0.172. The molecule has 1 fully saturated rings. The van der Waals surface area contributed by atoms with Crippen LogP contribution in [0.25, 0.3) is 0 Å². The first-order valence-corrected chi connectivity index (χ1v) is 10.00. The minimum absolute atomic E-state index is 0.172. The van der Waals surface area contributed by atoms with Gasteiger partial charge in [-0.05, 0) is 36.4 Å². The van der Waals surface area contributed by atoms with Crippen molar-refractivity contribution in [1.82, 2.24) is 20.1 Å². The first kappa shape index (κ1) is 20.7. The molecule has 0 aliphatic carbocycles. The normalized spacial score (nSPS) is 14.8. The Morgan fingerprint density at radius 1 is 1.21 bits per heavy atom. The van der Waals surface area contributed by atoms with E-state index in [1.54, 1.807) is 24.2 Å². The zero-order valence-electron chi connectivity index (χ0n) is 16.2. The predicted octanol–water partition coefficient (Wildman–Crippen LogP) is 3.48. The molecule has 1 saturated heterocycles. The van der Waals surface area contributed by atoms with Crippen LogP contribution in [-0.2, 0) is 13.1 Å². The summed E-state index contributed by atoms with van der Waals surface area (Å²) >= 11 is 12.3. The lowest BCUT2D eigenvalue weighted by molar-refractivity contribution is 0.206. The van der Waals surface area contributed by atoms with Crippen molar-refractivity contribution in [1.29, 1.82) is 0 Å². The van der Waals surface area contributed by atoms with Crippen LogP contribution in [0.5, 0.6) is 0 Å². The summed E-state index contributed by atoms with van der Waals surface area (Å²) < 4.78 is 0. The fourth-order valence-corrected chi connectivity index (χ4v) is 3.47. The maximum Gasteiger partial charge on any atom is 0.317 e. The number of pyridine rings is 1. The third-order valence-electron chi connectivity index (χ3n) is 4.87. The Hall–Kier alpha value is -2.02. The smallest absolute Gasteiger partial charge is 0.317 e. The zero-order chi connectivity index (χ0) is 20.1. The number of nitrogens with zero attached hydrogens (tertiary/aromatic N) is 4. The van der Waals surface area contributed by atoms with E-state index in [-0.39, 0.29) is 6.03 Å². The maximum atomic E-state index is 12.4. The molecule has 1 aromatic carbocycles. The van der Waals surface area contributed by atoms with Crippen LogP contribution >= 0.6 is 23.2 Å². The highest BCUT2D eigenvalue weighted by atomic mass is 35.5. The second-order valence-corrected chi connectivity index (χ2v) is 7.83. The molecule has 0 spiro atoms. The third-order valence-corrected chi connectivity index (χ3v) is 5.72. The fraction of sp³-hybridized carbons (Fsp3) is 0.400. The molecule has 1 aliphatic heterocycles. The number of benzene rings is 1. The molecule has 0 atom stereocenters. The van der Waals surface area contributed by atoms with Crippen LogP contribution in [0.3, 0.4) is 0 Å². The highest BCUT2D eigenvalue weighted by molar-refractivity contribution is 6.42. The molecule has 150 valence electrons. The average molecular weight is 422 g/mol. The number of hydrogen-bond acceptors (Lipinski definition) is 4. The second-order valence-electron chi connectivity index (χ2n) is 7.04. The number of carbonyl (C=O) groups excluding carboxylic acids is 1. The van der Waals surface area contributed by atoms with Gasteiger partial charge in [-0.25, -0.2) is 9.78 Å². The summed E-state index contributed by atoms with van der Waals surface area (Å²) in [6, 6.07) is 9.21. The molecule has 1 aliphatic rings. The van der Waals surface area contributed by atoms with Crippen LogP contribution in [-0.4, -0.2) is 61.1 Å². The molecule has 0 bridgehead atoms. The number of piperazine rings is 1. The van der Waals surface area contributed by atoms with E-state index in [1.807, 2.05) is 24.3 Å². The third kappa shape index (κ3) is 5.28. The molecular weight excluding hydrogens is 397 g/mol. The van der Waals surface area contributed by atoms with Crippen molar-refractivity contribution in [3.05, 3.63) is 57.7 Å². The van der Waals surface area contributed by atoms with Gasteiger partial charge in [0, 0.05) is 52.5 Å². The highest BCUT2D eigenvalue weighted by Gasteiger charge is 2.16. The van der Waals surface area contributed by atoms with Crippen molar-refractivity contribution in [2.24, 2.45) is 0 Å². The van der Waals surface area contributed by atoms with Gasteiger partial charge in [-0.1, -0.05) is 35.3 Å². The van der Waals surface area contributed by atoms with Crippen molar-refractivity contribution in [2.75, 3.05) is 45.2 Å². The first-order valence-electron chi connectivity index (χ1n) is 9.24. The van der Waals surface area contributed by atoms with Gasteiger partial charge in [0.2, 0.25) is 0 Å². The van der Waals surface area contributed by atoms with Gasteiger partial charge in [-0.15, -0.1) is 0 Å². The Labute approximate surface area is 176 Å². The molecule has 6 nitrogen and oxygen atoms in total. The average Bonchev–Trinajstić information content (AvgIpc) is 2.70. The highest BCUT2D eigenvalue weighted by Crippen LogP contribution is 2.26. The molecule has 2 amide bonds. The Morgan fingerprint density at radius 2 is 1.96 bits per heavy atom. The van der Waals surface area contributed by atoms with Gasteiger partial charge < -0.3 is 20.0 Å². The lowest BCUT2D eigenvalue weighted by atomic mass is 10.2. The number of hydrogen-bond donors (Lipinski definition) is 1. The van der Waals surface area contributed by atoms with Crippen molar-refractivity contribution in [3.63, 3.8) is 0 Å². The van der Waals surface area contributed by atoms with Crippen molar-refractivity contribution in [3.8, 4) is 0 Å². The number of amides is 2. The standard InChI is InChI=1S/C20H25Cl2N5O/c1-25-8-10-27(11-9-25)18-12-15(6-7-23-18)13-24-20(28)26(2)14-16-4-3-5-17(21)19(16)22/h3-7,12H,8-11,13-14H2,1-2H3,(H,24,28). The maximum absolute atomic E-state index is 12.4. The van der Waals surface area contributed by atoms with Crippen LogP contribution in [0, 0.1) is 0 Å². The van der Waals surface area contributed by atoms with E-state index in [0.717, 1.165) is 43.1 Å². The summed E-state index contributed by atoms with van der Waals surface area (Å²) in [5.74, 6) is 0.957. The van der Waals surface area contributed by atoms with E-state index in [4.69, 9.17) is 23.2 Å². The number of aromatic nitrogens is 1. The second kappa shape index (κ2) is 9.45. The number of urea groups is 1. The van der Waals surface area contributed by atoms with E-state index in [0.29, 0.717) is 23.1 Å². The Morgan fingerprint density at radius 3 is 2.71 bits per heavy atom. The molecule has 2 aromatic rings.